The molecule has 0 aromatic rings. The van der Waals surface area contributed by atoms with E-state index in [1.807, 2.05) is 0 Å². The molecule has 0 bridgehead atoms. The maximum absolute atomic E-state index is 11.0. The molecule has 1 fully saturated rings. The van der Waals surface area contributed by atoms with E-state index in [2.05, 4.69) is 0 Å². The van der Waals surface area contributed by atoms with Gasteiger partial charge in [-0.2, -0.15) is 0 Å². The predicted molar refractivity (Wildman–Crippen MR) is 52.8 cm³/mol. The summed E-state index contributed by atoms with van der Waals surface area (Å²) >= 11 is 0. The molecule has 1 atom stereocenters. The summed E-state index contributed by atoms with van der Waals surface area (Å²) in [4.78, 5) is 11.0. The Hall–Kier alpha value is -0.610. The topological polar surface area (TPSA) is 83.5 Å². The maximum Gasteiger partial charge on any atom is 0.326 e. The zero-order valence-corrected chi connectivity index (χ0v) is 8.41. The molecule has 0 heterocycles. The fraction of sp³-hybridized carbons (Fsp3) is 0.900. The molecule has 1 aliphatic rings. The number of carbonyl (C=O) groups is 1. The van der Waals surface area contributed by atoms with Gasteiger partial charge in [0.25, 0.3) is 0 Å². The number of aliphatic hydroxyl groups is 1. The molecule has 1 aliphatic carbocycles. The van der Waals surface area contributed by atoms with Crippen molar-refractivity contribution in [2.24, 2.45) is 11.7 Å². The number of carboxylic acids is 1. The van der Waals surface area contributed by atoms with Gasteiger partial charge in [0.15, 0.2) is 0 Å². The lowest BCUT2D eigenvalue weighted by Gasteiger charge is -2.31. The molecule has 0 aromatic heterocycles. The molecular formula is C10H19NO3. The van der Waals surface area contributed by atoms with Gasteiger partial charge in [0, 0.05) is 0 Å². The van der Waals surface area contributed by atoms with Crippen LogP contribution in [0.1, 0.15) is 38.5 Å². The van der Waals surface area contributed by atoms with Crippen molar-refractivity contribution in [3.8, 4) is 0 Å². The van der Waals surface area contributed by atoms with Crippen molar-refractivity contribution in [2.75, 3.05) is 6.61 Å². The van der Waals surface area contributed by atoms with E-state index in [1.165, 1.54) is 0 Å². The lowest BCUT2D eigenvalue weighted by molar-refractivity contribution is -0.147. The SMILES string of the molecule is NC(CO)(C(=O)O)C1CCCCCC1. The Labute approximate surface area is 84.1 Å². The van der Waals surface area contributed by atoms with Gasteiger partial charge in [-0.25, -0.2) is 0 Å². The number of hydrogen-bond acceptors (Lipinski definition) is 3. The summed E-state index contributed by atoms with van der Waals surface area (Å²) in [6.45, 7) is -0.465. The smallest absolute Gasteiger partial charge is 0.326 e. The summed E-state index contributed by atoms with van der Waals surface area (Å²) in [5.74, 6) is -1.15. The number of aliphatic carboxylic acids is 1. The normalized spacial score (nSPS) is 23.9. The average Bonchev–Trinajstić information content (AvgIpc) is 2.44. The molecule has 0 aliphatic heterocycles. The zero-order chi connectivity index (χ0) is 10.6. The van der Waals surface area contributed by atoms with E-state index in [4.69, 9.17) is 15.9 Å². The average molecular weight is 201 g/mol. The molecule has 0 radical (unpaired) electrons. The van der Waals surface area contributed by atoms with E-state index in [0.29, 0.717) is 0 Å². The third-order valence-corrected chi connectivity index (χ3v) is 3.24. The van der Waals surface area contributed by atoms with Crippen molar-refractivity contribution < 1.29 is 15.0 Å². The molecule has 1 unspecified atom stereocenters. The van der Waals surface area contributed by atoms with Gasteiger partial charge in [0.1, 0.15) is 5.54 Å². The fourth-order valence-corrected chi connectivity index (χ4v) is 2.17. The van der Waals surface area contributed by atoms with E-state index in [0.717, 1.165) is 38.5 Å². The highest BCUT2D eigenvalue weighted by Crippen LogP contribution is 2.30. The molecule has 4 nitrogen and oxygen atoms in total. The third-order valence-electron chi connectivity index (χ3n) is 3.24. The molecular weight excluding hydrogens is 182 g/mol. The van der Waals surface area contributed by atoms with Gasteiger partial charge in [-0.05, 0) is 18.8 Å². The maximum atomic E-state index is 11.0. The molecule has 0 amide bonds. The fourth-order valence-electron chi connectivity index (χ4n) is 2.17. The Morgan fingerprint density at radius 2 is 1.79 bits per heavy atom. The summed E-state index contributed by atoms with van der Waals surface area (Å²) in [6, 6.07) is 0. The van der Waals surface area contributed by atoms with Gasteiger partial charge in [0.2, 0.25) is 0 Å². The summed E-state index contributed by atoms with van der Waals surface area (Å²) in [5.41, 5.74) is 4.31. The lowest BCUT2D eigenvalue weighted by atomic mass is 9.80. The van der Waals surface area contributed by atoms with Crippen molar-refractivity contribution in [2.45, 2.75) is 44.1 Å². The van der Waals surface area contributed by atoms with E-state index in [9.17, 15) is 4.79 Å². The summed E-state index contributed by atoms with van der Waals surface area (Å²) in [7, 11) is 0. The molecule has 4 heteroatoms. The third kappa shape index (κ3) is 2.25. The highest BCUT2D eigenvalue weighted by molar-refractivity contribution is 5.79. The van der Waals surface area contributed by atoms with Gasteiger partial charge in [-0.1, -0.05) is 25.7 Å². The molecule has 0 aromatic carbocycles. The van der Waals surface area contributed by atoms with Crippen LogP contribution in [0.5, 0.6) is 0 Å². The monoisotopic (exact) mass is 201 g/mol. The Balaban J connectivity index is 2.71. The van der Waals surface area contributed by atoms with Crippen LogP contribution in [0.3, 0.4) is 0 Å². The van der Waals surface area contributed by atoms with E-state index < -0.39 is 18.1 Å². The quantitative estimate of drug-likeness (QED) is 0.588. The van der Waals surface area contributed by atoms with Crippen LogP contribution in [0, 0.1) is 5.92 Å². The van der Waals surface area contributed by atoms with Gasteiger partial charge >= 0.3 is 5.97 Å². The van der Waals surface area contributed by atoms with Crippen LogP contribution < -0.4 is 5.73 Å². The lowest BCUT2D eigenvalue weighted by Crippen LogP contribution is -2.57. The minimum atomic E-state index is -1.43. The molecule has 1 rings (SSSR count). The van der Waals surface area contributed by atoms with Gasteiger partial charge in [-0.3, -0.25) is 4.79 Å². The summed E-state index contributed by atoms with van der Waals surface area (Å²) in [6.07, 6.45) is 6.00. The van der Waals surface area contributed by atoms with Gasteiger partial charge in [-0.15, -0.1) is 0 Å². The van der Waals surface area contributed by atoms with Gasteiger partial charge in [0.05, 0.1) is 6.61 Å². The van der Waals surface area contributed by atoms with Crippen LogP contribution in [0.4, 0.5) is 0 Å². The number of rotatable bonds is 3. The Morgan fingerprint density at radius 1 is 1.29 bits per heavy atom. The Kier molecular flexibility index (Phi) is 3.89. The van der Waals surface area contributed by atoms with Crippen molar-refractivity contribution in [3.63, 3.8) is 0 Å². The highest BCUT2D eigenvalue weighted by atomic mass is 16.4. The zero-order valence-electron chi connectivity index (χ0n) is 8.41. The first-order valence-corrected chi connectivity index (χ1v) is 5.24. The second-order valence-electron chi connectivity index (χ2n) is 4.19. The van der Waals surface area contributed by atoms with Crippen molar-refractivity contribution in [1.29, 1.82) is 0 Å². The number of aliphatic hydroxyl groups excluding tert-OH is 1. The second-order valence-corrected chi connectivity index (χ2v) is 4.19. The largest absolute Gasteiger partial charge is 0.480 e. The highest BCUT2D eigenvalue weighted by Gasteiger charge is 2.41. The Morgan fingerprint density at radius 3 is 2.14 bits per heavy atom. The molecule has 14 heavy (non-hydrogen) atoms. The molecule has 82 valence electrons. The van der Waals surface area contributed by atoms with Crippen LogP contribution in [0.15, 0.2) is 0 Å². The van der Waals surface area contributed by atoms with Crippen molar-refractivity contribution >= 4 is 5.97 Å². The first-order valence-electron chi connectivity index (χ1n) is 5.24. The van der Waals surface area contributed by atoms with Crippen LogP contribution in [-0.4, -0.2) is 28.3 Å². The molecule has 0 spiro atoms. The van der Waals surface area contributed by atoms with Crippen LogP contribution in [-0.2, 0) is 4.79 Å². The minimum Gasteiger partial charge on any atom is -0.480 e. The second kappa shape index (κ2) is 4.75. The van der Waals surface area contributed by atoms with Crippen LogP contribution >= 0.6 is 0 Å². The molecule has 1 saturated carbocycles. The van der Waals surface area contributed by atoms with E-state index in [1.54, 1.807) is 0 Å². The Bertz CT molecular complexity index is 200. The molecule has 4 N–H and O–H groups in total. The number of nitrogens with two attached hydrogens (primary N) is 1. The first kappa shape index (κ1) is 11.5. The van der Waals surface area contributed by atoms with Crippen molar-refractivity contribution in [3.05, 3.63) is 0 Å². The van der Waals surface area contributed by atoms with Crippen molar-refractivity contribution in [1.82, 2.24) is 0 Å². The number of hydrogen-bond donors (Lipinski definition) is 3. The summed E-state index contributed by atoms with van der Waals surface area (Å²) in [5, 5.41) is 18.1. The number of carboxylic acid groups (broad SMARTS) is 1. The standard InChI is InChI=1S/C10H19NO3/c11-10(7-12,9(13)14)8-5-3-1-2-4-6-8/h8,12H,1-7,11H2,(H,13,14). The molecule has 0 saturated heterocycles. The van der Waals surface area contributed by atoms with E-state index in [-0.39, 0.29) is 5.92 Å². The predicted octanol–water partition coefficient (Wildman–Crippen LogP) is 0.731. The van der Waals surface area contributed by atoms with E-state index >= 15 is 0 Å². The van der Waals surface area contributed by atoms with Gasteiger partial charge < -0.3 is 15.9 Å². The minimum absolute atomic E-state index is 0.0764. The van der Waals surface area contributed by atoms with Crippen LogP contribution in [0.2, 0.25) is 0 Å². The first-order chi connectivity index (χ1) is 6.61. The summed E-state index contributed by atoms with van der Waals surface area (Å²) < 4.78 is 0. The van der Waals surface area contributed by atoms with Crippen LogP contribution in [0.25, 0.3) is 0 Å².